The maximum absolute atomic E-state index is 2.60. The van der Waals surface area contributed by atoms with Crippen molar-refractivity contribution in [2.45, 2.75) is 12.5 Å². The van der Waals surface area contributed by atoms with Gasteiger partial charge in [-0.05, 0) is 48.9 Å². The SMILES string of the molecule is C1=CC(n2c3ccccc3c3ccccc32)=C(n2c3ccccc3c3ccccc32)C(n2c3ccccc3c3ccccc32)C1. The third-order valence-corrected chi connectivity index (χ3v) is 9.78. The molecule has 6 aromatic carbocycles. The van der Waals surface area contributed by atoms with E-state index in [0.717, 1.165) is 6.42 Å². The monoisotopic (exact) mass is 575 g/mol. The second-order valence-corrected chi connectivity index (χ2v) is 12.1. The van der Waals surface area contributed by atoms with Crippen LogP contribution >= 0.6 is 0 Å². The standard InChI is InChI=1S/C42H29N3/c1-7-20-34-28(14-1)29-15-2-8-21-35(29)43(34)40-26-13-27-41(44-36-22-9-3-16-30(36)31-17-4-10-23-37(31)44)42(40)45-38-24-11-5-18-32(38)33-19-6-12-25-39(33)45/h1-26,41H,27H2. The molecule has 0 saturated carbocycles. The van der Waals surface area contributed by atoms with Gasteiger partial charge in [-0.2, -0.15) is 0 Å². The molecule has 0 saturated heterocycles. The van der Waals surface area contributed by atoms with E-state index in [1.165, 1.54) is 76.8 Å². The second kappa shape index (κ2) is 9.35. The molecule has 0 spiro atoms. The lowest BCUT2D eigenvalue weighted by Crippen LogP contribution is -2.20. The van der Waals surface area contributed by atoms with Gasteiger partial charge in [-0.3, -0.25) is 0 Å². The third-order valence-electron chi connectivity index (χ3n) is 9.78. The summed E-state index contributed by atoms with van der Waals surface area (Å²) in [6.07, 6.45) is 5.63. The summed E-state index contributed by atoms with van der Waals surface area (Å²) in [7, 11) is 0. The summed E-state index contributed by atoms with van der Waals surface area (Å²) < 4.78 is 7.66. The number of fused-ring (bicyclic) bond motifs is 9. The molecular weight excluding hydrogens is 546 g/mol. The zero-order chi connectivity index (χ0) is 29.5. The quantitative estimate of drug-likeness (QED) is 0.199. The second-order valence-electron chi connectivity index (χ2n) is 12.1. The van der Waals surface area contributed by atoms with Gasteiger partial charge in [-0.1, -0.05) is 115 Å². The third kappa shape index (κ3) is 3.35. The molecule has 45 heavy (non-hydrogen) atoms. The Morgan fingerprint density at radius 2 is 0.711 bits per heavy atom. The van der Waals surface area contributed by atoms with E-state index < -0.39 is 0 Å². The van der Waals surface area contributed by atoms with Crippen molar-refractivity contribution in [3.63, 3.8) is 0 Å². The predicted molar refractivity (Wildman–Crippen MR) is 191 cm³/mol. The van der Waals surface area contributed by atoms with Crippen molar-refractivity contribution in [2.75, 3.05) is 0 Å². The molecule has 0 aliphatic heterocycles. The summed E-state index contributed by atoms with van der Waals surface area (Å²) in [5.41, 5.74) is 9.92. The average molecular weight is 576 g/mol. The first-order chi connectivity index (χ1) is 22.4. The Balaban J connectivity index is 1.42. The molecular formula is C42H29N3. The highest BCUT2D eigenvalue weighted by Crippen LogP contribution is 2.46. The van der Waals surface area contributed by atoms with Gasteiger partial charge in [0.25, 0.3) is 0 Å². The highest BCUT2D eigenvalue weighted by molar-refractivity contribution is 6.15. The molecule has 1 atom stereocenters. The minimum absolute atomic E-state index is 0.0499. The number of hydrogen-bond donors (Lipinski definition) is 0. The summed E-state index contributed by atoms with van der Waals surface area (Å²) in [4.78, 5) is 0. The Bertz CT molecular complexity index is 2530. The van der Waals surface area contributed by atoms with Gasteiger partial charge < -0.3 is 13.7 Å². The van der Waals surface area contributed by atoms with Crippen molar-refractivity contribution in [1.29, 1.82) is 0 Å². The van der Waals surface area contributed by atoms with Crippen LogP contribution in [0.25, 0.3) is 76.8 Å². The molecule has 3 aromatic heterocycles. The number of allylic oxidation sites excluding steroid dienone is 4. The number of para-hydroxylation sites is 6. The van der Waals surface area contributed by atoms with Crippen LogP contribution in [0.1, 0.15) is 12.5 Å². The molecule has 1 unspecified atom stereocenters. The summed E-state index contributed by atoms with van der Waals surface area (Å²) in [6.45, 7) is 0. The van der Waals surface area contributed by atoms with Crippen LogP contribution in [0.15, 0.2) is 158 Å². The Morgan fingerprint density at radius 3 is 1.13 bits per heavy atom. The van der Waals surface area contributed by atoms with E-state index in [0.29, 0.717) is 0 Å². The number of benzene rings is 6. The average Bonchev–Trinajstić information content (AvgIpc) is 3.74. The van der Waals surface area contributed by atoms with Crippen LogP contribution < -0.4 is 0 Å². The molecule has 3 heterocycles. The van der Waals surface area contributed by atoms with Gasteiger partial charge in [0, 0.05) is 43.4 Å². The van der Waals surface area contributed by atoms with Gasteiger partial charge in [0.2, 0.25) is 0 Å². The maximum atomic E-state index is 2.60. The van der Waals surface area contributed by atoms with E-state index in [-0.39, 0.29) is 6.04 Å². The Kier molecular flexibility index (Phi) is 5.11. The van der Waals surface area contributed by atoms with Crippen molar-refractivity contribution in [1.82, 2.24) is 13.7 Å². The maximum Gasteiger partial charge on any atom is 0.0802 e. The molecule has 0 bridgehead atoms. The Labute approximate surface area is 260 Å². The molecule has 1 aliphatic carbocycles. The number of nitrogens with zero attached hydrogens (tertiary/aromatic N) is 3. The normalized spacial score (nSPS) is 15.5. The number of aromatic nitrogens is 3. The van der Waals surface area contributed by atoms with Crippen LogP contribution in [-0.2, 0) is 0 Å². The molecule has 1 aliphatic rings. The van der Waals surface area contributed by atoms with Crippen LogP contribution in [0.5, 0.6) is 0 Å². The van der Waals surface area contributed by atoms with E-state index in [2.05, 4.69) is 171 Å². The van der Waals surface area contributed by atoms with Crippen LogP contribution in [0, 0.1) is 0 Å². The predicted octanol–water partition coefficient (Wildman–Crippen LogP) is 11.0. The van der Waals surface area contributed by atoms with E-state index in [1.807, 2.05) is 0 Å². The molecule has 0 radical (unpaired) electrons. The fraction of sp³-hybridized carbons (Fsp3) is 0.0476. The largest absolute Gasteiger partial charge is 0.331 e. The van der Waals surface area contributed by atoms with Gasteiger partial charge in [0.05, 0.1) is 39.5 Å². The van der Waals surface area contributed by atoms with Gasteiger partial charge >= 0.3 is 0 Å². The summed E-state index contributed by atoms with van der Waals surface area (Å²) in [5, 5.41) is 7.68. The molecule has 10 rings (SSSR count). The summed E-state index contributed by atoms with van der Waals surface area (Å²) >= 11 is 0. The van der Waals surface area contributed by atoms with Gasteiger partial charge in [-0.25, -0.2) is 0 Å². The highest BCUT2D eigenvalue weighted by Gasteiger charge is 2.30. The first-order valence-electron chi connectivity index (χ1n) is 15.7. The molecule has 0 N–H and O–H groups in total. The zero-order valence-corrected chi connectivity index (χ0v) is 24.6. The van der Waals surface area contributed by atoms with E-state index in [1.54, 1.807) is 0 Å². The topological polar surface area (TPSA) is 14.8 Å². The van der Waals surface area contributed by atoms with Crippen LogP contribution in [0.2, 0.25) is 0 Å². The van der Waals surface area contributed by atoms with Gasteiger partial charge in [-0.15, -0.1) is 0 Å². The van der Waals surface area contributed by atoms with Crippen LogP contribution in [0.3, 0.4) is 0 Å². The lowest BCUT2D eigenvalue weighted by molar-refractivity contribution is 0.643. The molecule has 3 heteroatoms. The zero-order valence-electron chi connectivity index (χ0n) is 24.6. The van der Waals surface area contributed by atoms with E-state index in [4.69, 9.17) is 0 Å². The number of hydrogen-bond acceptors (Lipinski definition) is 0. The van der Waals surface area contributed by atoms with Gasteiger partial charge in [0.1, 0.15) is 0 Å². The lowest BCUT2D eigenvalue weighted by Gasteiger charge is -2.31. The van der Waals surface area contributed by atoms with E-state index in [9.17, 15) is 0 Å². The fourth-order valence-electron chi connectivity index (χ4n) is 8.01. The minimum atomic E-state index is 0.0499. The highest BCUT2D eigenvalue weighted by atomic mass is 15.1. The fourth-order valence-corrected chi connectivity index (χ4v) is 8.01. The number of rotatable bonds is 3. The first-order valence-corrected chi connectivity index (χ1v) is 15.7. The van der Waals surface area contributed by atoms with E-state index >= 15 is 0 Å². The lowest BCUT2D eigenvalue weighted by atomic mass is 10.00. The molecule has 9 aromatic rings. The Morgan fingerprint density at radius 1 is 0.378 bits per heavy atom. The molecule has 0 amide bonds. The van der Waals surface area contributed by atoms with Crippen molar-refractivity contribution in [3.05, 3.63) is 158 Å². The smallest absolute Gasteiger partial charge is 0.0802 e. The van der Waals surface area contributed by atoms with Gasteiger partial charge in [0.15, 0.2) is 0 Å². The summed E-state index contributed by atoms with van der Waals surface area (Å²) in [6, 6.07) is 53.3. The van der Waals surface area contributed by atoms with Crippen molar-refractivity contribution >= 4 is 76.8 Å². The Hall–Kier alpha value is -5.80. The van der Waals surface area contributed by atoms with Crippen LogP contribution in [-0.4, -0.2) is 13.7 Å². The molecule has 3 nitrogen and oxygen atoms in total. The first kappa shape index (κ1) is 24.6. The van der Waals surface area contributed by atoms with Crippen molar-refractivity contribution < 1.29 is 0 Å². The molecule has 212 valence electrons. The van der Waals surface area contributed by atoms with Crippen molar-refractivity contribution in [2.24, 2.45) is 0 Å². The van der Waals surface area contributed by atoms with Crippen LogP contribution in [0.4, 0.5) is 0 Å². The van der Waals surface area contributed by atoms with Crippen molar-refractivity contribution in [3.8, 4) is 0 Å². The summed E-state index contributed by atoms with van der Waals surface area (Å²) in [5.74, 6) is 0. The molecule has 0 fully saturated rings. The minimum Gasteiger partial charge on any atom is -0.331 e.